The Hall–Kier alpha value is -5.11. The van der Waals surface area contributed by atoms with Gasteiger partial charge in [0.1, 0.15) is 17.5 Å². The van der Waals surface area contributed by atoms with Gasteiger partial charge in [0.25, 0.3) is 11.8 Å². The molecule has 6 N–H and O–H groups in total. The lowest BCUT2D eigenvalue weighted by Crippen LogP contribution is -2.45. The number of esters is 1. The molecule has 1 atom stereocenters. The lowest BCUT2D eigenvalue weighted by atomic mass is 10.0. The van der Waals surface area contributed by atoms with Crippen molar-refractivity contribution in [2.24, 2.45) is 5.73 Å². The molecule has 214 valence electrons. The summed E-state index contributed by atoms with van der Waals surface area (Å²) in [5, 5.41) is 3.22. The Morgan fingerprint density at radius 2 is 1.83 bits per heavy atom. The summed E-state index contributed by atoms with van der Waals surface area (Å²) < 4.78 is 19.7. The summed E-state index contributed by atoms with van der Waals surface area (Å²) in [5.41, 5.74) is 12.4. The zero-order chi connectivity index (χ0) is 29.7. The van der Waals surface area contributed by atoms with E-state index < -0.39 is 36.3 Å². The number of amides is 3. The summed E-state index contributed by atoms with van der Waals surface area (Å²) in [6, 6.07) is 10.5. The molecule has 14 heteroatoms. The van der Waals surface area contributed by atoms with Crippen molar-refractivity contribution in [1.82, 2.24) is 14.7 Å². The molecule has 0 aliphatic carbocycles. The number of benzene rings is 2. The number of fused-ring (bicyclic) bond motifs is 1. The molecule has 2 aromatic carbocycles. The lowest BCUT2D eigenvalue weighted by Gasteiger charge is -2.31. The summed E-state index contributed by atoms with van der Waals surface area (Å²) in [6.45, 7) is 1.34. The van der Waals surface area contributed by atoms with Crippen LogP contribution in [-0.4, -0.2) is 60.4 Å². The first-order chi connectivity index (χ1) is 19.7. The van der Waals surface area contributed by atoms with Gasteiger partial charge in [0.2, 0.25) is 5.91 Å². The third-order valence-electron chi connectivity index (χ3n) is 6.15. The number of primary amides is 1. The number of nitrogens with zero attached hydrogens (tertiary/aromatic N) is 2. The number of nitrogen functional groups attached to an aromatic ring is 1. The number of methoxy groups -OCH3 is 2. The van der Waals surface area contributed by atoms with Crippen LogP contribution in [0.5, 0.6) is 11.5 Å². The van der Waals surface area contributed by atoms with Crippen molar-refractivity contribution in [1.29, 1.82) is 0 Å². The van der Waals surface area contributed by atoms with Crippen molar-refractivity contribution in [3.63, 3.8) is 0 Å². The molecular weight excluding hydrogens is 552 g/mol. The molecule has 3 amide bonds. The molecule has 0 radical (unpaired) electrons. The van der Waals surface area contributed by atoms with Crippen LogP contribution < -0.4 is 31.2 Å². The van der Waals surface area contributed by atoms with Crippen LogP contribution in [0.4, 0.5) is 11.4 Å². The Labute approximate surface area is 238 Å². The highest BCUT2D eigenvalue weighted by atomic mass is 32.1. The zero-order valence-corrected chi connectivity index (χ0v) is 23.2. The van der Waals surface area contributed by atoms with Gasteiger partial charge in [-0.1, -0.05) is 18.2 Å². The number of hydrogen-bond acceptors (Lipinski definition) is 10. The molecule has 1 unspecified atom stereocenters. The fourth-order valence-corrected chi connectivity index (χ4v) is 5.02. The molecule has 0 saturated heterocycles. The quantitative estimate of drug-likeness (QED) is 0.193. The molecule has 2 aromatic heterocycles. The van der Waals surface area contributed by atoms with Gasteiger partial charge in [-0.2, -0.15) is 4.37 Å². The summed E-state index contributed by atoms with van der Waals surface area (Å²) in [4.78, 5) is 56.3. The number of H-pyrrole nitrogens is 1. The summed E-state index contributed by atoms with van der Waals surface area (Å²) >= 11 is 0.671. The number of para-hydroxylation sites is 1. The van der Waals surface area contributed by atoms with E-state index >= 15 is 0 Å². The minimum absolute atomic E-state index is 0.114. The van der Waals surface area contributed by atoms with Gasteiger partial charge < -0.3 is 36.0 Å². The molecule has 0 fully saturated rings. The second-order valence-corrected chi connectivity index (χ2v) is 9.34. The van der Waals surface area contributed by atoms with Crippen LogP contribution in [0.1, 0.15) is 38.7 Å². The molecule has 2 heterocycles. The van der Waals surface area contributed by atoms with Crippen LogP contribution in [0.15, 0.2) is 48.7 Å². The number of hydrogen-bond donors (Lipinski definition) is 4. The van der Waals surface area contributed by atoms with Crippen molar-refractivity contribution in [2.45, 2.75) is 13.0 Å². The number of nitrogens with two attached hydrogens (primary N) is 2. The molecule has 0 bridgehead atoms. The van der Waals surface area contributed by atoms with Gasteiger partial charge >= 0.3 is 5.97 Å². The van der Waals surface area contributed by atoms with E-state index in [1.54, 1.807) is 37.4 Å². The first-order valence-corrected chi connectivity index (χ1v) is 13.1. The van der Waals surface area contributed by atoms with E-state index in [0.29, 0.717) is 33.7 Å². The Balaban J connectivity index is 1.94. The van der Waals surface area contributed by atoms with Crippen molar-refractivity contribution in [3.8, 4) is 11.5 Å². The van der Waals surface area contributed by atoms with Crippen LogP contribution in [0.2, 0.25) is 0 Å². The predicted molar refractivity (Wildman–Crippen MR) is 152 cm³/mol. The minimum atomic E-state index is -1.34. The number of rotatable bonds is 11. The SMILES string of the molecule is CCOC(=O)CNC(=O)C(c1c[nH]c2ccccc12)N(C(=O)c1snc(C(N)=O)c1N)c1ccc(OC)c(OC)c1. The van der Waals surface area contributed by atoms with Crippen LogP contribution in [0.3, 0.4) is 0 Å². The highest BCUT2D eigenvalue weighted by Crippen LogP contribution is 2.39. The summed E-state index contributed by atoms with van der Waals surface area (Å²) in [6.07, 6.45) is 1.60. The van der Waals surface area contributed by atoms with Gasteiger partial charge in [-0.3, -0.25) is 24.1 Å². The highest BCUT2D eigenvalue weighted by Gasteiger charge is 2.38. The second kappa shape index (κ2) is 12.4. The van der Waals surface area contributed by atoms with Crippen LogP contribution in [0, 0.1) is 0 Å². The van der Waals surface area contributed by atoms with Crippen LogP contribution in [-0.2, 0) is 14.3 Å². The molecule has 0 saturated carbocycles. The van der Waals surface area contributed by atoms with Gasteiger partial charge in [-0.25, -0.2) is 0 Å². The second-order valence-electron chi connectivity index (χ2n) is 8.57. The average Bonchev–Trinajstić information content (AvgIpc) is 3.57. The monoisotopic (exact) mass is 580 g/mol. The van der Waals surface area contributed by atoms with Crippen LogP contribution >= 0.6 is 11.5 Å². The maximum absolute atomic E-state index is 14.3. The fraction of sp³-hybridized carbons (Fsp3) is 0.222. The van der Waals surface area contributed by atoms with Crippen molar-refractivity contribution in [2.75, 3.05) is 38.0 Å². The van der Waals surface area contributed by atoms with E-state index in [4.69, 9.17) is 25.7 Å². The van der Waals surface area contributed by atoms with E-state index in [2.05, 4.69) is 14.7 Å². The predicted octanol–water partition coefficient (Wildman–Crippen LogP) is 2.39. The van der Waals surface area contributed by atoms with Gasteiger partial charge in [-0.15, -0.1) is 0 Å². The molecule has 4 rings (SSSR count). The Bertz CT molecular complexity index is 1610. The number of nitrogens with one attached hydrogen (secondary N) is 2. The normalized spacial score (nSPS) is 11.5. The van der Waals surface area contributed by atoms with Crippen LogP contribution in [0.25, 0.3) is 10.9 Å². The number of carbonyl (C=O) groups is 4. The van der Waals surface area contributed by atoms with Gasteiger partial charge in [-0.05, 0) is 36.7 Å². The first-order valence-electron chi connectivity index (χ1n) is 12.3. The van der Waals surface area contributed by atoms with Gasteiger partial charge in [0.15, 0.2) is 17.2 Å². The molecule has 41 heavy (non-hydrogen) atoms. The van der Waals surface area contributed by atoms with Gasteiger partial charge in [0.05, 0.1) is 26.5 Å². The third-order valence-corrected chi connectivity index (χ3v) is 7.01. The van der Waals surface area contributed by atoms with E-state index in [1.165, 1.54) is 25.2 Å². The third kappa shape index (κ3) is 5.77. The molecule has 0 aliphatic heterocycles. The molecule has 4 aromatic rings. The fourth-order valence-electron chi connectivity index (χ4n) is 4.28. The maximum Gasteiger partial charge on any atom is 0.325 e. The van der Waals surface area contributed by atoms with Crippen molar-refractivity contribution >= 4 is 57.5 Å². The largest absolute Gasteiger partial charge is 0.493 e. The number of anilines is 2. The standard InChI is InChI=1S/C27H28N6O7S/c1-4-40-20(34)13-31-26(36)23(16-12-30-17-8-6-5-7-15(16)17)33(14-9-10-18(38-2)19(11-14)39-3)27(37)24-21(28)22(25(29)35)32-41-24/h5-12,23,30H,4,13,28H2,1-3H3,(H2,29,35)(H,31,36). The Morgan fingerprint density at radius 3 is 2.49 bits per heavy atom. The van der Waals surface area contributed by atoms with E-state index in [9.17, 15) is 19.2 Å². The number of aromatic amines is 1. The van der Waals surface area contributed by atoms with E-state index in [1.807, 2.05) is 12.1 Å². The Kier molecular flexibility index (Phi) is 8.72. The summed E-state index contributed by atoms with van der Waals surface area (Å²) in [5.74, 6) is -2.34. The number of aromatic nitrogens is 2. The maximum atomic E-state index is 14.3. The number of carbonyl (C=O) groups excluding carboxylic acids is 4. The number of ether oxygens (including phenoxy) is 3. The topological polar surface area (TPSA) is 192 Å². The lowest BCUT2D eigenvalue weighted by molar-refractivity contribution is -0.143. The van der Waals surface area contributed by atoms with E-state index in [0.717, 1.165) is 0 Å². The van der Waals surface area contributed by atoms with Crippen molar-refractivity contribution < 1.29 is 33.4 Å². The van der Waals surface area contributed by atoms with Crippen molar-refractivity contribution in [3.05, 3.63) is 64.8 Å². The molecule has 0 spiro atoms. The van der Waals surface area contributed by atoms with E-state index in [-0.39, 0.29) is 34.3 Å². The highest BCUT2D eigenvalue weighted by molar-refractivity contribution is 7.09. The Morgan fingerprint density at radius 1 is 1.10 bits per heavy atom. The molecular formula is C27H28N6O7S. The smallest absolute Gasteiger partial charge is 0.325 e. The zero-order valence-electron chi connectivity index (χ0n) is 22.4. The van der Waals surface area contributed by atoms with Gasteiger partial charge in [0, 0.05) is 34.4 Å². The summed E-state index contributed by atoms with van der Waals surface area (Å²) in [7, 11) is 2.89. The first kappa shape index (κ1) is 28.9. The average molecular weight is 581 g/mol. The minimum Gasteiger partial charge on any atom is -0.493 e. The molecule has 13 nitrogen and oxygen atoms in total. The molecule has 0 aliphatic rings.